The zero-order chi connectivity index (χ0) is 22.4. The van der Waals surface area contributed by atoms with Crippen molar-refractivity contribution in [3.8, 4) is 5.75 Å². The van der Waals surface area contributed by atoms with E-state index in [1.165, 1.54) is 22.5 Å². The molecule has 2 aromatic carbocycles. The molecule has 1 saturated heterocycles. The summed E-state index contributed by atoms with van der Waals surface area (Å²) >= 11 is 0. The second-order valence-corrected chi connectivity index (χ2v) is 9.54. The summed E-state index contributed by atoms with van der Waals surface area (Å²) in [5.41, 5.74) is 0.701. The molecule has 0 aliphatic carbocycles. The van der Waals surface area contributed by atoms with Gasteiger partial charge in [0, 0.05) is 13.0 Å². The van der Waals surface area contributed by atoms with Gasteiger partial charge in [-0.15, -0.1) is 0 Å². The number of sulfonamides is 1. The number of nitrogens with zero attached hydrogens (tertiary/aromatic N) is 1. The summed E-state index contributed by atoms with van der Waals surface area (Å²) < 4.78 is 41.3. The molecule has 0 spiro atoms. The van der Waals surface area contributed by atoms with E-state index in [1.807, 2.05) is 12.2 Å². The zero-order valence-electron chi connectivity index (χ0n) is 19.0. The second kappa shape index (κ2) is 12.0. The number of aromatic hydroxyl groups is 1. The number of hydrogen-bond donors (Lipinski definition) is 2. The van der Waals surface area contributed by atoms with Gasteiger partial charge in [-0.05, 0) is 73.6 Å². The van der Waals surface area contributed by atoms with Gasteiger partial charge >= 0.3 is 35.5 Å². The van der Waals surface area contributed by atoms with E-state index < -0.39 is 27.9 Å². The number of carboxylic acid groups (broad SMARTS) is 1. The van der Waals surface area contributed by atoms with Gasteiger partial charge in [0.2, 0.25) is 10.0 Å². The van der Waals surface area contributed by atoms with Crippen molar-refractivity contribution in [2.75, 3.05) is 6.54 Å². The summed E-state index contributed by atoms with van der Waals surface area (Å²) in [6.45, 7) is 0.317. The van der Waals surface area contributed by atoms with Crippen LogP contribution in [0.2, 0.25) is 0 Å². The van der Waals surface area contributed by atoms with Crippen LogP contribution in [0.25, 0.3) is 0 Å². The Morgan fingerprint density at radius 2 is 1.91 bits per heavy atom. The predicted molar refractivity (Wildman–Crippen MR) is 116 cm³/mol. The third-order valence-electron chi connectivity index (χ3n) is 5.48. The molecule has 2 atom stereocenters. The summed E-state index contributed by atoms with van der Waals surface area (Å²) in [5.74, 6) is -1.27. The Hall–Kier alpha value is -1.71. The van der Waals surface area contributed by atoms with Crippen LogP contribution < -0.4 is 29.6 Å². The van der Waals surface area contributed by atoms with Gasteiger partial charge in [-0.25, -0.2) is 12.8 Å². The van der Waals surface area contributed by atoms with Crippen LogP contribution in [0.1, 0.15) is 45.1 Å². The van der Waals surface area contributed by atoms with E-state index in [2.05, 4.69) is 0 Å². The van der Waals surface area contributed by atoms with Crippen molar-refractivity contribution >= 4 is 16.0 Å². The summed E-state index contributed by atoms with van der Waals surface area (Å²) in [6.07, 6.45) is 6.48. The van der Waals surface area contributed by atoms with Crippen LogP contribution in [0.5, 0.6) is 5.75 Å². The van der Waals surface area contributed by atoms with Gasteiger partial charge < -0.3 is 11.6 Å². The zero-order valence-corrected chi connectivity index (χ0v) is 20.8. The molecular formula is C23H27FNNaO5S. The molecule has 2 aromatic rings. The first-order valence-corrected chi connectivity index (χ1v) is 11.7. The summed E-state index contributed by atoms with van der Waals surface area (Å²) in [4.78, 5) is 10.6. The van der Waals surface area contributed by atoms with Crippen LogP contribution in [0.3, 0.4) is 0 Å². The fourth-order valence-electron chi connectivity index (χ4n) is 3.99. The SMILES string of the molecule is O=C(O)CCC/C=C\CC1CCN(S(=O)(=O)c2ccc(F)cc2)C1c1cccc(O)c1.[H-].[Na+]. The Bertz CT molecular complexity index is 1050. The molecule has 6 nitrogen and oxygen atoms in total. The Morgan fingerprint density at radius 3 is 2.56 bits per heavy atom. The van der Waals surface area contributed by atoms with E-state index in [0.29, 0.717) is 37.8 Å². The number of hydrogen-bond acceptors (Lipinski definition) is 4. The van der Waals surface area contributed by atoms with E-state index in [0.717, 1.165) is 12.1 Å². The van der Waals surface area contributed by atoms with Crippen LogP contribution in [0, 0.1) is 11.7 Å². The molecule has 3 rings (SSSR count). The average Bonchev–Trinajstić information content (AvgIpc) is 3.15. The van der Waals surface area contributed by atoms with Crippen LogP contribution in [0.4, 0.5) is 4.39 Å². The van der Waals surface area contributed by atoms with Crippen molar-refractivity contribution in [1.82, 2.24) is 4.31 Å². The number of unbranched alkanes of at least 4 members (excludes halogenated alkanes) is 1. The van der Waals surface area contributed by atoms with E-state index in [4.69, 9.17) is 5.11 Å². The number of carbonyl (C=O) groups is 1. The van der Waals surface area contributed by atoms with Crippen LogP contribution in [0.15, 0.2) is 65.6 Å². The Morgan fingerprint density at radius 1 is 1.19 bits per heavy atom. The number of aliphatic carboxylic acids is 1. The van der Waals surface area contributed by atoms with Gasteiger partial charge in [0.1, 0.15) is 11.6 Å². The van der Waals surface area contributed by atoms with Gasteiger partial charge in [-0.1, -0.05) is 24.3 Å². The molecule has 168 valence electrons. The molecule has 0 radical (unpaired) electrons. The number of carboxylic acids is 1. The fourth-order valence-corrected chi connectivity index (χ4v) is 5.68. The average molecular weight is 472 g/mol. The second-order valence-electron chi connectivity index (χ2n) is 7.65. The number of rotatable bonds is 9. The first-order valence-electron chi connectivity index (χ1n) is 10.2. The molecule has 0 bridgehead atoms. The van der Waals surface area contributed by atoms with Gasteiger partial charge in [0.05, 0.1) is 10.9 Å². The Kier molecular flexibility index (Phi) is 9.91. The number of halogens is 1. The maximum Gasteiger partial charge on any atom is 1.00 e. The quantitative estimate of drug-likeness (QED) is 0.329. The molecular weight excluding hydrogens is 444 g/mol. The van der Waals surface area contributed by atoms with Gasteiger partial charge in [0.15, 0.2) is 0 Å². The van der Waals surface area contributed by atoms with Crippen LogP contribution >= 0.6 is 0 Å². The number of phenolic OH excluding ortho intramolecular Hbond substituents is 1. The van der Waals surface area contributed by atoms with Crippen LogP contribution in [-0.4, -0.2) is 35.5 Å². The van der Waals surface area contributed by atoms with Crippen LogP contribution in [-0.2, 0) is 14.8 Å². The predicted octanol–water partition coefficient (Wildman–Crippen LogP) is 1.60. The molecule has 1 heterocycles. The molecule has 0 amide bonds. The maximum absolute atomic E-state index is 13.3. The number of benzene rings is 2. The first-order chi connectivity index (χ1) is 14.8. The van der Waals surface area contributed by atoms with Crippen molar-refractivity contribution in [2.45, 2.75) is 43.0 Å². The maximum atomic E-state index is 13.3. The fraction of sp³-hybridized carbons (Fsp3) is 0.348. The van der Waals surface area contributed by atoms with Gasteiger partial charge in [-0.2, -0.15) is 4.31 Å². The number of allylic oxidation sites excluding steroid dienone is 2. The van der Waals surface area contributed by atoms with Gasteiger partial charge in [-0.3, -0.25) is 4.79 Å². The van der Waals surface area contributed by atoms with Crippen molar-refractivity contribution in [2.24, 2.45) is 5.92 Å². The summed E-state index contributed by atoms with van der Waals surface area (Å²) in [7, 11) is -3.85. The minimum Gasteiger partial charge on any atom is -1.00 e. The molecule has 1 fully saturated rings. The van der Waals surface area contributed by atoms with Crippen molar-refractivity contribution in [3.63, 3.8) is 0 Å². The van der Waals surface area contributed by atoms with E-state index in [9.17, 15) is 22.7 Å². The summed E-state index contributed by atoms with van der Waals surface area (Å²) in [6, 6.07) is 10.9. The molecule has 32 heavy (non-hydrogen) atoms. The van der Waals surface area contributed by atoms with Crippen molar-refractivity contribution in [3.05, 3.63) is 72.1 Å². The molecule has 1 aliphatic heterocycles. The normalized spacial score (nSPS) is 19.2. The standard InChI is InChI=1S/C23H26FNO5S.Na.H/c24-19-10-12-21(13-11-19)31(29,30)25-15-14-17(6-3-1-2-4-9-22(27)28)23(25)18-7-5-8-20(26)16-18;;/h1,3,5,7-8,10-13,16-17,23,26H,2,4,6,9,14-15H2,(H,27,28);;/q;+1;-1/b3-1-;;. The third-order valence-corrected chi connectivity index (χ3v) is 7.37. The Balaban J connectivity index is 0.00000272. The summed E-state index contributed by atoms with van der Waals surface area (Å²) in [5, 5.41) is 18.7. The smallest absolute Gasteiger partial charge is 1.00 e. The molecule has 9 heteroatoms. The molecule has 0 saturated carbocycles. The molecule has 1 aliphatic rings. The van der Waals surface area contributed by atoms with Crippen molar-refractivity contribution in [1.29, 1.82) is 0 Å². The van der Waals surface area contributed by atoms with E-state index >= 15 is 0 Å². The molecule has 2 N–H and O–H groups in total. The minimum absolute atomic E-state index is 0. The number of phenols is 1. The van der Waals surface area contributed by atoms with Crippen molar-refractivity contribution < 1.29 is 58.8 Å². The van der Waals surface area contributed by atoms with Gasteiger partial charge in [0.25, 0.3) is 0 Å². The van der Waals surface area contributed by atoms with E-state index in [1.54, 1.807) is 18.2 Å². The largest absolute Gasteiger partial charge is 1.00 e. The molecule has 2 unspecified atom stereocenters. The van der Waals surface area contributed by atoms with E-state index in [-0.39, 0.29) is 54.0 Å². The Labute approximate surface area is 211 Å². The molecule has 0 aromatic heterocycles. The monoisotopic (exact) mass is 471 g/mol. The third kappa shape index (κ3) is 6.65. The first kappa shape index (κ1) is 26.5. The minimum atomic E-state index is -3.85. The topological polar surface area (TPSA) is 94.9 Å².